The maximum Gasteiger partial charge on any atom is 0.410 e. The Morgan fingerprint density at radius 2 is 2.12 bits per heavy atom. The van der Waals surface area contributed by atoms with Gasteiger partial charge in [0.25, 0.3) is 0 Å². The molecule has 6 heteroatoms. The van der Waals surface area contributed by atoms with Crippen molar-refractivity contribution < 1.29 is 19.1 Å². The number of likely N-dealkylation sites (tertiary alicyclic amines) is 1. The lowest BCUT2D eigenvalue weighted by atomic mass is 10.1. The summed E-state index contributed by atoms with van der Waals surface area (Å²) < 4.78 is 5.20. The molecule has 1 amide bonds. The van der Waals surface area contributed by atoms with E-state index < -0.39 is 11.7 Å². The summed E-state index contributed by atoms with van der Waals surface area (Å²) in [5.41, 5.74) is 7.73. The molecule has 1 atom stereocenters. The SMILES string of the molecule is CC(C)(C)OC(=O)N1CC[C@H](C(=O)C=[N+]=[N-])C1. The molecule has 0 N–H and O–H groups in total. The van der Waals surface area contributed by atoms with Gasteiger partial charge in [-0.2, -0.15) is 4.79 Å². The summed E-state index contributed by atoms with van der Waals surface area (Å²) in [6.45, 7) is 6.19. The van der Waals surface area contributed by atoms with Crippen LogP contribution in [0.2, 0.25) is 0 Å². The molecule has 1 aliphatic heterocycles. The van der Waals surface area contributed by atoms with E-state index in [1.807, 2.05) is 0 Å². The highest BCUT2D eigenvalue weighted by atomic mass is 16.6. The highest BCUT2D eigenvalue weighted by Crippen LogP contribution is 2.19. The summed E-state index contributed by atoms with van der Waals surface area (Å²) in [6.07, 6.45) is 1.04. The molecule has 1 fully saturated rings. The fourth-order valence-electron chi connectivity index (χ4n) is 1.65. The van der Waals surface area contributed by atoms with Crippen LogP contribution in [-0.2, 0) is 9.53 Å². The Morgan fingerprint density at radius 3 is 2.65 bits per heavy atom. The van der Waals surface area contributed by atoms with Crippen molar-refractivity contribution in [3.63, 3.8) is 0 Å². The first-order valence-corrected chi connectivity index (χ1v) is 5.52. The maximum absolute atomic E-state index is 11.7. The maximum atomic E-state index is 11.7. The average Bonchev–Trinajstić information content (AvgIpc) is 2.63. The van der Waals surface area contributed by atoms with E-state index in [0.29, 0.717) is 19.5 Å². The van der Waals surface area contributed by atoms with E-state index in [4.69, 9.17) is 10.3 Å². The van der Waals surface area contributed by atoms with Gasteiger partial charge in [0.2, 0.25) is 5.78 Å². The molecule has 6 nitrogen and oxygen atoms in total. The minimum absolute atomic E-state index is 0.265. The van der Waals surface area contributed by atoms with E-state index in [0.717, 1.165) is 6.21 Å². The second-order valence-electron chi connectivity index (χ2n) is 5.06. The fraction of sp³-hybridized carbons (Fsp3) is 0.727. The highest BCUT2D eigenvalue weighted by molar-refractivity contribution is 6.26. The second kappa shape index (κ2) is 5.10. The lowest BCUT2D eigenvalue weighted by molar-refractivity contribution is -0.119. The molecule has 17 heavy (non-hydrogen) atoms. The van der Waals surface area contributed by atoms with Crippen molar-refractivity contribution >= 4 is 18.1 Å². The predicted molar refractivity (Wildman–Crippen MR) is 60.6 cm³/mol. The first-order chi connectivity index (χ1) is 7.83. The van der Waals surface area contributed by atoms with Crippen molar-refractivity contribution in [3.05, 3.63) is 5.53 Å². The summed E-state index contributed by atoms with van der Waals surface area (Å²) >= 11 is 0. The lowest BCUT2D eigenvalue weighted by Gasteiger charge is -2.24. The third-order valence-corrected chi connectivity index (χ3v) is 2.43. The molecule has 0 radical (unpaired) electrons. The molecule has 1 aliphatic rings. The zero-order chi connectivity index (χ0) is 13.1. The Bertz CT molecular complexity index is 367. The number of ketones is 1. The fourth-order valence-corrected chi connectivity index (χ4v) is 1.65. The van der Waals surface area contributed by atoms with Crippen molar-refractivity contribution in [2.75, 3.05) is 13.1 Å². The van der Waals surface area contributed by atoms with Crippen molar-refractivity contribution in [2.24, 2.45) is 5.92 Å². The van der Waals surface area contributed by atoms with Gasteiger partial charge < -0.3 is 15.2 Å². The predicted octanol–water partition coefficient (Wildman–Crippen LogP) is 1.11. The molecule has 0 aliphatic carbocycles. The second-order valence-corrected chi connectivity index (χ2v) is 5.06. The molecule has 0 spiro atoms. The molecule has 0 aromatic rings. The van der Waals surface area contributed by atoms with Crippen LogP contribution in [0.25, 0.3) is 5.53 Å². The van der Waals surface area contributed by atoms with Crippen LogP contribution in [0.1, 0.15) is 27.2 Å². The van der Waals surface area contributed by atoms with Gasteiger partial charge in [0.1, 0.15) is 5.60 Å². The van der Waals surface area contributed by atoms with E-state index >= 15 is 0 Å². The van der Waals surface area contributed by atoms with Gasteiger partial charge in [-0.25, -0.2) is 4.79 Å². The molecule has 94 valence electrons. The smallest absolute Gasteiger partial charge is 0.410 e. The van der Waals surface area contributed by atoms with Crippen molar-refractivity contribution in [3.8, 4) is 0 Å². The van der Waals surface area contributed by atoms with Crippen molar-refractivity contribution in [1.29, 1.82) is 0 Å². The first-order valence-electron chi connectivity index (χ1n) is 5.52. The number of rotatable bonds is 2. The molecule has 0 aromatic carbocycles. The highest BCUT2D eigenvalue weighted by Gasteiger charge is 2.33. The van der Waals surface area contributed by atoms with Crippen LogP contribution >= 0.6 is 0 Å². The minimum Gasteiger partial charge on any atom is -0.444 e. The number of ether oxygens (including phenoxy) is 1. The molecule has 1 saturated heterocycles. The van der Waals surface area contributed by atoms with Crippen LogP contribution in [0.15, 0.2) is 0 Å². The van der Waals surface area contributed by atoms with E-state index in [1.54, 1.807) is 20.8 Å². The Balaban J connectivity index is 2.53. The van der Waals surface area contributed by atoms with Gasteiger partial charge in [-0.3, -0.25) is 4.79 Å². The van der Waals surface area contributed by atoms with Crippen molar-refractivity contribution in [2.45, 2.75) is 32.8 Å². The summed E-state index contributed by atoms with van der Waals surface area (Å²) in [5.74, 6) is -0.558. The quantitative estimate of drug-likeness (QED) is 0.411. The van der Waals surface area contributed by atoms with Gasteiger partial charge >= 0.3 is 12.3 Å². The molecular weight excluding hydrogens is 222 g/mol. The average molecular weight is 239 g/mol. The van der Waals surface area contributed by atoms with Gasteiger partial charge in [-0.1, -0.05) is 0 Å². The Kier molecular flexibility index (Phi) is 4.02. The summed E-state index contributed by atoms with van der Waals surface area (Å²) in [5, 5.41) is 0. The Hall–Kier alpha value is -1.68. The third kappa shape index (κ3) is 4.00. The van der Waals surface area contributed by atoms with Gasteiger partial charge in [-0.15, -0.1) is 0 Å². The van der Waals surface area contributed by atoms with E-state index in [1.165, 1.54) is 4.90 Å². The topological polar surface area (TPSA) is 83.0 Å². The van der Waals surface area contributed by atoms with Crippen LogP contribution < -0.4 is 0 Å². The van der Waals surface area contributed by atoms with Gasteiger partial charge in [0, 0.05) is 19.0 Å². The molecule has 1 heterocycles. The molecular formula is C11H17N3O3. The molecule has 1 rings (SSSR count). The Labute approximate surface area is 100 Å². The number of hydrogen-bond acceptors (Lipinski definition) is 3. The minimum atomic E-state index is -0.536. The molecule has 0 aromatic heterocycles. The zero-order valence-electron chi connectivity index (χ0n) is 10.3. The number of Topliss-reactive ketones (excluding diaryl/α,β-unsaturated/α-hetero) is 1. The lowest BCUT2D eigenvalue weighted by Crippen LogP contribution is -2.36. The number of nitrogens with zero attached hydrogens (tertiary/aromatic N) is 3. The monoisotopic (exact) mass is 239 g/mol. The molecule has 0 bridgehead atoms. The number of hydrogen-bond donors (Lipinski definition) is 0. The summed E-state index contributed by atoms with van der Waals surface area (Å²) in [4.78, 5) is 27.3. The van der Waals surface area contributed by atoms with E-state index in [9.17, 15) is 9.59 Å². The third-order valence-electron chi connectivity index (χ3n) is 2.43. The normalized spacial score (nSPS) is 19.7. The van der Waals surface area contributed by atoms with Gasteiger partial charge in [-0.05, 0) is 27.2 Å². The van der Waals surface area contributed by atoms with Crippen LogP contribution in [0.4, 0.5) is 4.79 Å². The van der Waals surface area contributed by atoms with Gasteiger partial charge in [0.15, 0.2) is 0 Å². The number of carbonyl (C=O) groups excluding carboxylic acids is 2. The van der Waals surface area contributed by atoms with Crippen LogP contribution in [0, 0.1) is 5.92 Å². The zero-order valence-corrected chi connectivity index (χ0v) is 10.3. The largest absolute Gasteiger partial charge is 0.444 e. The van der Waals surface area contributed by atoms with Crippen LogP contribution in [-0.4, -0.2) is 46.5 Å². The first kappa shape index (κ1) is 13.4. The summed E-state index contributed by atoms with van der Waals surface area (Å²) in [6, 6.07) is 0. The van der Waals surface area contributed by atoms with E-state index in [2.05, 4.69) is 4.79 Å². The number of amides is 1. The van der Waals surface area contributed by atoms with Crippen LogP contribution in [0.5, 0.6) is 0 Å². The van der Waals surface area contributed by atoms with Crippen LogP contribution in [0.3, 0.4) is 0 Å². The molecule has 0 saturated carbocycles. The van der Waals surface area contributed by atoms with E-state index in [-0.39, 0.29) is 11.7 Å². The Morgan fingerprint density at radius 1 is 1.47 bits per heavy atom. The standard InChI is InChI=1S/C11H17N3O3/c1-11(2,3)17-10(16)14-5-4-8(7-14)9(15)6-13-12/h6,8H,4-5,7H2,1-3H3/t8-/m0/s1. The van der Waals surface area contributed by atoms with Crippen molar-refractivity contribution in [1.82, 2.24) is 4.90 Å². The van der Waals surface area contributed by atoms with Gasteiger partial charge in [0.05, 0.1) is 0 Å². The molecule has 0 unspecified atom stereocenters. The number of carbonyl (C=O) groups is 2. The summed E-state index contributed by atoms with van der Waals surface area (Å²) in [7, 11) is 0.